The second-order valence-corrected chi connectivity index (χ2v) is 8.62. The third-order valence-corrected chi connectivity index (χ3v) is 5.96. The summed E-state index contributed by atoms with van der Waals surface area (Å²) in [6.45, 7) is 11.4. The zero-order chi connectivity index (χ0) is 21.5. The monoisotopic (exact) mass is 416 g/mol. The highest BCUT2D eigenvalue weighted by Crippen LogP contribution is 2.28. The number of imide groups is 1. The van der Waals surface area contributed by atoms with Crippen molar-refractivity contribution in [3.05, 3.63) is 35.9 Å². The second-order valence-electron chi connectivity index (χ2n) is 8.62. The average molecular weight is 417 g/mol. The van der Waals surface area contributed by atoms with Gasteiger partial charge in [-0.25, -0.2) is 4.79 Å². The van der Waals surface area contributed by atoms with Crippen LogP contribution >= 0.6 is 0 Å². The molecule has 2 aliphatic rings. The number of nitrogens with one attached hydrogen (secondary N) is 2. The van der Waals surface area contributed by atoms with Crippen molar-refractivity contribution in [3.8, 4) is 0 Å². The number of nitrogens with zero attached hydrogens (tertiary/aromatic N) is 2. The minimum Gasteiger partial charge on any atom is -0.373 e. The van der Waals surface area contributed by atoms with Crippen LogP contribution in [-0.2, 0) is 9.53 Å². The van der Waals surface area contributed by atoms with Crippen LogP contribution in [-0.4, -0.2) is 73.2 Å². The summed E-state index contributed by atoms with van der Waals surface area (Å²) >= 11 is 0. The van der Waals surface area contributed by atoms with Crippen LogP contribution in [0, 0.1) is 5.92 Å². The highest BCUT2D eigenvalue weighted by molar-refractivity contribution is 5.97. The van der Waals surface area contributed by atoms with E-state index in [2.05, 4.69) is 34.3 Å². The molecule has 0 spiro atoms. The van der Waals surface area contributed by atoms with Gasteiger partial charge in [-0.1, -0.05) is 30.3 Å². The van der Waals surface area contributed by atoms with E-state index in [0.29, 0.717) is 12.5 Å². The molecule has 3 rings (SSSR count). The van der Waals surface area contributed by atoms with Gasteiger partial charge in [0.25, 0.3) is 0 Å². The van der Waals surface area contributed by atoms with E-state index in [1.807, 2.05) is 37.3 Å². The van der Waals surface area contributed by atoms with Crippen molar-refractivity contribution in [1.29, 1.82) is 0 Å². The molecule has 7 heteroatoms. The number of rotatable bonds is 6. The van der Waals surface area contributed by atoms with Gasteiger partial charge in [-0.05, 0) is 58.2 Å². The van der Waals surface area contributed by atoms with Gasteiger partial charge >= 0.3 is 6.03 Å². The van der Waals surface area contributed by atoms with Crippen molar-refractivity contribution < 1.29 is 14.3 Å². The molecular weight excluding hydrogens is 380 g/mol. The normalized spacial score (nSPS) is 24.9. The summed E-state index contributed by atoms with van der Waals surface area (Å²) in [5.41, 5.74) is 0.925. The molecule has 2 heterocycles. The molecule has 3 atom stereocenters. The van der Waals surface area contributed by atoms with Crippen molar-refractivity contribution in [2.24, 2.45) is 5.92 Å². The number of piperidine rings is 1. The maximum atomic E-state index is 13.0. The molecule has 2 N–H and O–H groups in total. The van der Waals surface area contributed by atoms with Crippen LogP contribution in [0.4, 0.5) is 4.79 Å². The van der Waals surface area contributed by atoms with Gasteiger partial charge in [-0.15, -0.1) is 0 Å². The third-order valence-electron chi connectivity index (χ3n) is 5.96. The molecule has 1 aromatic carbocycles. The van der Waals surface area contributed by atoms with Gasteiger partial charge in [-0.2, -0.15) is 0 Å². The predicted molar refractivity (Wildman–Crippen MR) is 117 cm³/mol. The molecule has 2 aliphatic heterocycles. The van der Waals surface area contributed by atoms with Gasteiger partial charge in [0.1, 0.15) is 6.04 Å². The zero-order valence-corrected chi connectivity index (χ0v) is 18.5. The number of likely N-dealkylation sites (tertiary alicyclic amines) is 1. The molecule has 166 valence electrons. The van der Waals surface area contributed by atoms with Crippen LogP contribution in [0.2, 0.25) is 0 Å². The van der Waals surface area contributed by atoms with Crippen LogP contribution in [0.5, 0.6) is 0 Å². The van der Waals surface area contributed by atoms with Crippen molar-refractivity contribution in [2.45, 2.75) is 51.9 Å². The summed E-state index contributed by atoms with van der Waals surface area (Å²) in [6, 6.07) is 8.87. The Balaban J connectivity index is 1.60. The maximum absolute atomic E-state index is 13.0. The number of benzene rings is 1. The van der Waals surface area contributed by atoms with Crippen molar-refractivity contribution in [2.75, 3.05) is 39.3 Å². The van der Waals surface area contributed by atoms with Gasteiger partial charge in [0.15, 0.2) is 0 Å². The quantitative estimate of drug-likeness (QED) is 0.745. The molecular formula is C23H36N4O3. The molecule has 7 nitrogen and oxygen atoms in total. The fraction of sp³-hybridized carbons (Fsp3) is 0.652. The van der Waals surface area contributed by atoms with E-state index in [9.17, 15) is 9.59 Å². The number of hydrogen-bond acceptors (Lipinski definition) is 5. The van der Waals surface area contributed by atoms with Gasteiger partial charge in [0.2, 0.25) is 5.91 Å². The highest BCUT2D eigenvalue weighted by Gasteiger charge is 2.33. The third kappa shape index (κ3) is 6.27. The maximum Gasteiger partial charge on any atom is 0.321 e. The SMILES string of the molecule is CCNC(=O)NC(=O)C(c1ccccc1)N1CCC(CN2CC(C)OC(C)C2)CC1. The number of urea groups is 1. The number of hydrogen-bond donors (Lipinski definition) is 2. The molecule has 0 saturated carbocycles. The molecule has 0 aromatic heterocycles. The lowest BCUT2D eigenvalue weighted by Crippen LogP contribution is -2.50. The summed E-state index contributed by atoms with van der Waals surface area (Å²) < 4.78 is 5.85. The average Bonchev–Trinajstić information content (AvgIpc) is 2.70. The molecule has 30 heavy (non-hydrogen) atoms. The van der Waals surface area contributed by atoms with Crippen LogP contribution in [0.15, 0.2) is 30.3 Å². The lowest BCUT2D eigenvalue weighted by Gasteiger charge is -2.41. The molecule has 2 saturated heterocycles. The number of carbonyl (C=O) groups excluding carboxylic acids is 2. The van der Waals surface area contributed by atoms with Crippen molar-refractivity contribution in [3.63, 3.8) is 0 Å². The first-order valence-electron chi connectivity index (χ1n) is 11.2. The van der Waals surface area contributed by atoms with Gasteiger partial charge < -0.3 is 10.1 Å². The highest BCUT2D eigenvalue weighted by atomic mass is 16.5. The molecule has 0 aliphatic carbocycles. The Morgan fingerprint density at radius 1 is 1.10 bits per heavy atom. The topological polar surface area (TPSA) is 73.9 Å². The largest absolute Gasteiger partial charge is 0.373 e. The first kappa shape index (κ1) is 22.7. The number of morpholine rings is 1. The summed E-state index contributed by atoms with van der Waals surface area (Å²) in [4.78, 5) is 29.6. The molecule has 2 fully saturated rings. The molecule has 1 aromatic rings. The summed E-state index contributed by atoms with van der Waals surface area (Å²) in [6.07, 6.45) is 2.68. The minimum absolute atomic E-state index is 0.263. The van der Waals surface area contributed by atoms with Crippen LogP contribution < -0.4 is 10.6 Å². The Morgan fingerprint density at radius 3 is 2.33 bits per heavy atom. The van der Waals surface area contributed by atoms with E-state index in [-0.39, 0.29) is 18.1 Å². The Hall–Kier alpha value is -1.96. The molecule has 3 amide bonds. The Bertz CT molecular complexity index is 681. The van der Waals surface area contributed by atoms with E-state index in [0.717, 1.165) is 51.1 Å². The fourth-order valence-electron chi connectivity index (χ4n) is 4.74. The Kier molecular flexibility index (Phi) is 8.24. The van der Waals surface area contributed by atoms with E-state index < -0.39 is 12.1 Å². The van der Waals surface area contributed by atoms with Gasteiger partial charge in [-0.3, -0.25) is 19.9 Å². The summed E-state index contributed by atoms with van der Waals surface area (Å²) in [5.74, 6) is 0.364. The van der Waals surface area contributed by atoms with Gasteiger partial charge in [0, 0.05) is 26.2 Å². The number of carbonyl (C=O) groups is 2. The predicted octanol–water partition coefficient (Wildman–Crippen LogP) is 2.39. The van der Waals surface area contributed by atoms with Crippen molar-refractivity contribution >= 4 is 11.9 Å². The number of amides is 3. The van der Waals surface area contributed by atoms with Crippen LogP contribution in [0.1, 0.15) is 45.2 Å². The van der Waals surface area contributed by atoms with Crippen LogP contribution in [0.3, 0.4) is 0 Å². The van der Waals surface area contributed by atoms with E-state index >= 15 is 0 Å². The smallest absolute Gasteiger partial charge is 0.321 e. The standard InChI is InChI=1S/C23H36N4O3/c1-4-24-23(29)25-22(28)21(20-8-6-5-7-9-20)27-12-10-19(11-13-27)16-26-14-17(2)30-18(3)15-26/h5-9,17-19,21H,4,10-16H2,1-3H3,(H2,24,25,28,29). The lowest BCUT2D eigenvalue weighted by molar-refractivity contribution is -0.126. The van der Waals surface area contributed by atoms with E-state index in [4.69, 9.17) is 4.74 Å². The first-order chi connectivity index (χ1) is 14.5. The molecule has 3 unspecified atom stereocenters. The first-order valence-corrected chi connectivity index (χ1v) is 11.2. The lowest BCUT2D eigenvalue weighted by atomic mass is 9.93. The molecule has 0 bridgehead atoms. The van der Waals surface area contributed by atoms with E-state index in [1.54, 1.807) is 0 Å². The number of ether oxygens (including phenoxy) is 1. The van der Waals surface area contributed by atoms with E-state index in [1.165, 1.54) is 0 Å². The Labute approximate surface area is 180 Å². The molecule has 0 radical (unpaired) electrons. The summed E-state index contributed by atoms with van der Waals surface area (Å²) in [5, 5.41) is 5.15. The zero-order valence-electron chi connectivity index (χ0n) is 18.5. The van der Waals surface area contributed by atoms with Gasteiger partial charge in [0.05, 0.1) is 12.2 Å². The summed E-state index contributed by atoms with van der Waals surface area (Å²) in [7, 11) is 0. The Morgan fingerprint density at radius 2 is 1.73 bits per heavy atom. The van der Waals surface area contributed by atoms with Crippen LogP contribution in [0.25, 0.3) is 0 Å². The van der Waals surface area contributed by atoms with Crippen molar-refractivity contribution in [1.82, 2.24) is 20.4 Å². The fourth-order valence-corrected chi connectivity index (χ4v) is 4.74. The second kappa shape index (κ2) is 10.9. The minimum atomic E-state index is -0.446.